The topological polar surface area (TPSA) is 82.3 Å². The number of esters is 1. The SMILES string of the molecule is COC(=O)CC[C@@H]1N=C(c2ccccc2Cl)c2cc(Cl)ccc2-n2c(SCc3ccncc3)nnc21. The molecule has 0 saturated carbocycles. The lowest BCUT2D eigenvalue weighted by atomic mass is 10.00. The molecule has 0 spiro atoms. The number of methoxy groups -OCH3 is 1. The Kier molecular flexibility index (Phi) is 7.36. The molecule has 2 aromatic heterocycles. The number of hydrogen-bond acceptors (Lipinski definition) is 7. The Balaban J connectivity index is 1.66. The third-order valence-electron chi connectivity index (χ3n) is 5.79. The number of benzene rings is 2. The van der Waals surface area contributed by atoms with Crippen molar-refractivity contribution in [1.29, 1.82) is 0 Å². The lowest BCUT2D eigenvalue weighted by molar-refractivity contribution is -0.140. The van der Waals surface area contributed by atoms with Crippen molar-refractivity contribution in [3.05, 3.63) is 99.6 Å². The van der Waals surface area contributed by atoms with Gasteiger partial charge in [0.2, 0.25) is 0 Å². The summed E-state index contributed by atoms with van der Waals surface area (Å²) in [4.78, 5) is 21.2. The zero-order valence-electron chi connectivity index (χ0n) is 19.3. The van der Waals surface area contributed by atoms with Gasteiger partial charge in [-0.25, -0.2) is 0 Å². The highest BCUT2D eigenvalue weighted by atomic mass is 35.5. The van der Waals surface area contributed by atoms with Crippen LogP contribution in [0.1, 0.15) is 41.4 Å². The number of rotatable bonds is 7. The van der Waals surface area contributed by atoms with Crippen molar-refractivity contribution in [2.75, 3.05) is 7.11 Å². The van der Waals surface area contributed by atoms with Gasteiger partial charge in [-0.2, -0.15) is 0 Å². The summed E-state index contributed by atoms with van der Waals surface area (Å²) in [6.07, 6.45) is 4.12. The maximum atomic E-state index is 12.0. The first-order chi connectivity index (χ1) is 17.5. The summed E-state index contributed by atoms with van der Waals surface area (Å²) in [6, 6.07) is 16.7. The molecule has 1 aliphatic heterocycles. The van der Waals surface area contributed by atoms with E-state index in [-0.39, 0.29) is 12.4 Å². The first-order valence-corrected chi connectivity index (χ1v) is 13.0. The summed E-state index contributed by atoms with van der Waals surface area (Å²) in [5.74, 6) is 1.02. The molecule has 0 fully saturated rings. The molecule has 0 unspecified atom stereocenters. The molecule has 0 N–H and O–H groups in total. The first-order valence-electron chi connectivity index (χ1n) is 11.2. The van der Waals surface area contributed by atoms with Crippen LogP contribution >= 0.6 is 35.0 Å². The van der Waals surface area contributed by atoms with Crippen LogP contribution in [0.5, 0.6) is 0 Å². The Morgan fingerprint density at radius 3 is 2.64 bits per heavy atom. The molecule has 2 aromatic carbocycles. The van der Waals surface area contributed by atoms with Crippen LogP contribution in [0.25, 0.3) is 5.69 Å². The predicted molar refractivity (Wildman–Crippen MR) is 141 cm³/mol. The van der Waals surface area contributed by atoms with E-state index >= 15 is 0 Å². The van der Waals surface area contributed by atoms with E-state index in [2.05, 4.69) is 15.2 Å². The number of carbonyl (C=O) groups is 1. The van der Waals surface area contributed by atoms with Gasteiger partial charge in [0.15, 0.2) is 11.0 Å². The van der Waals surface area contributed by atoms with E-state index in [1.54, 1.807) is 24.2 Å². The number of pyridine rings is 1. The average Bonchev–Trinajstić information content (AvgIpc) is 3.26. The molecular formula is C26H21Cl2N5O2S. The lowest BCUT2D eigenvalue weighted by Gasteiger charge is -2.14. The van der Waals surface area contributed by atoms with E-state index < -0.39 is 6.04 Å². The molecule has 5 rings (SSSR count). The molecule has 0 radical (unpaired) electrons. The molecule has 1 atom stereocenters. The maximum Gasteiger partial charge on any atom is 0.305 e. The molecule has 3 heterocycles. The van der Waals surface area contributed by atoms with E-state index in [0.717, 1.165) is 22.4 Å². The Bertz CT molecular complexity index is 1440. The fourth-order valence-electron chi connectivity index (χ4n) is 4.04. The second-order valence-electron chi connectivity index (χ2n) is 8.07. The highest BCUT2D eigenvalue weighted by molar-refractivity contribution is 7.98. The predicted octanol–water partition coefficient (Wildman–Crippen LogP) is 6.11. The molecule has 7 nitrogen and oxygen atoms in total. The molecule has 0 saturated heterocycles. The van der Waals surface area contributed by atoms with Crippen molar-refractivity contribution in [1.82, 2.24) is 19.7 Å². The quantitative estimate of drug-likeness (QED) is 0.209. The Labute approximate surface area is 222 Å². The summed E-state index contributed by atoms with van der Waals surface area (Å²) < 4.78 is 6.89. The molecule has 0 aliphatic carbocycles. The van der Waals surface area contributed by atoms with Gasteiger partial charge in [0.05, 0.1) is 18.5 Å². The number of nitrogens with zero attached hydrogens (tertiary/aromatic N) is 5. The molecule has 10 heteroatoms. The molecule has 36 heavy (non-hydrogen) atoms. The van der Waals surface area contributed by atoms with Gasteiger partial charge >= 0.3 is 5.97 Å². The average molecular weight is 538 g/mol. The van der Waals surface area contributed by atoms with Crippen molar-refractivity contribution in [3.63, 3.8) is 0 Å². The minimum absolute atomic E-state index is 0.184. The Morgan fingerprint density at radius 1 is 1.06 bits per heavy atom. The Morgan fingerprint density at radius 2 is 1.86 bits per heavy atom. The van der Waals surface area contributed by atoms with E-state index in [4.69, 9.17) is 32.9 Å². The largest absolute Gasteiger partial charge is 0.469 e. The van der Waals surface area contributed by atoms with Crippen molar-refractivity contribution >= 4 is 46.6 Å². The van der Waals surface area contributed by atoms with Crippen molar-refractivity contribution in [2.45, 2.75) is 29.8 Å². The Hall–Kier alpha value is -3.20. The fraction of sp³-hybridized carbons (Fsp3) is 0.192. The minimum atomic E-state index is -0.454. The van der Waals surface area contributed by atoms with Crippen LogP contribution in [0, 0.1) is 0 Å². The third kappa shape index (κ3) is 5.02. The zero-order valence-corrected chi connectivity index (χ0v) is 21.6. The van der Waals surface area contributed by atoms with Crippen LogP contribution in [-0.4, -0.2) is 38.5 Å². The smallest absolute Gasteiger partial charge is 0.305 e. The summed E-state index contributed by atoms with van der Waals surface area (Å²) in [6.45, 7) is 0. The summed E-state index contributed by atoms with van der Waals surface area (Å²) in [7, 11) is 1.38. The van der Waals surface area contributed by atoms with E-state index in [1.807, 2.05) is 59.2 Å². The monoisotopic (exact) mass is 537 g/mol. The van der Waals surface area contributed by atoms with Gasteiger partial charge in [-0.15, -0.1) is 10.2 Å². The van der Waals surface area contributed by atoms with Gasteiger partial charge in [-0.05, 0) is 48.4 Å². The van der Waals surface area contributed by atoms with E-state index in [1.165, 1.54) is 7.11 Å². The number of aromatic nitrogens is 4. The van der Waals surface area contributed by atoms with Crippen molar-refractivity contribution in [3.8, 4) is 5.69 Å². The molecule has 4 aromatic rings. The van der Waals surface area contributed by atoms with Crippen LogP contribution < -0.4 is 0 Å². The van der Waals surface area contributed by atoms with Crippen molar-refractivity contribution in [2.24, 2.45) is 4.99 Å². The molecule has 1 aliphatic rings. The van der Waals surface area contributed by atoms with Gasteiger partial charge in [-0.1, -0.05) is 53.2 Å². The molecule has 182 valence electrons. The highest BCUT2D eigenvalue weighted by Crippen LogP contribution is 2.38. The van der Waals surface area contributed by atoms with Gasteiger partial charge < -0.3 is 4.74 Å². The van der Waals surface area contributed by atoms with Gasteiger partial charge in [0, 0.05) is 45.7 Å². The molecule has 0 amide bonds. The third-order valence-corrected chi connectivity index (χ3v) is 7.36. The van der Waals surface area contributed by atoms with Crippen LogP contribution in [0.4, 0.5) is 0 Å². The minimum Gasteiger partial charge on any atom is -0.469 e. The zero-order chi connectivity index (χ0) is 25.1. The number of carbonyl (C=O) groups excluding carboxylic acids is 1. The van der Waals surface area contributed by atoms with Crippen LogP contribution in [-0.2, 0) is 15.3 Å². The van der Waals surface area contributed by atoms with Crippen LogP contribution in [0.3, 0.4) is 0 Å². The number of hydrogen-bond donors (Lipinski definition) is 0. The van der Waals surface area contributed by atoms with Crippen molar-refractivity contribution < 1.29 is 9.53 Å². The summed E-state index contributed by atoms with van der Waals surface area (Å²) >= 11 is 14.6. The normalized spacial score (nSPS) is 14.4. The number of fused-ring (bicyclic) bond motifs is 3. The van der Waals surface area contributed by atoms with Crippen LogP contribution in [0.2, 0.25) is 10.0 Å². The number of aliphatic imine (C=N–C) groups is 1. The van der Waals surface area contributed by atoms with E-state index in [9.17, 15) is 4.79 Å². The second kappa shape index (κ2) is 10.8. The number of thioether (sulfide) groups is 1. The van der Waals surface area contributed by atoms with E-state index in [0.29, 0.717) is 38.9 Å². The number of halogens is 2. The van der Waals surface area contributed by atoms with Crippen LogP contribution in [0.15, 0.2) is 77.1 Å². The highest BCUT2D eigenvalue weighted by Gasteiger charge is 2.30. The number of ether oxygens (including phenoxy) is 1. The maximum absolute atomic E-state index is 12.0. The first kappa shape index (κ1) is 24.5. The van der Waals surface area contributed by atoms with Gasteiger partial charge in [0.1, 0.15) is 6.04 Å². The second-order valence-corrected chi connectivity index (χ2v) is 9.86. The molecular weight excluding hydrogens is 517 g/mol. The van der Waals surface area contributed by atoms with Gasteiger partial charge in [0.25, 0.3) is 0 Å². The summed E-state index contributed by atoms with van der Waals surface area (Å²) in [5, 5.41) is 10.9. The standard InChI is InChI=1S/C26H21Cl2N5O2S/c1-35-23(34)9-7-21-25-31-32-26(36-15-16-10-12-29-13-11-16)33(25)22-8-6-17(27)14-19(22)24(30-21)18-4-2-3-5-20(18)28/h2-6,8,10-14,21H,7,9,15H2,1H3/t21-/m0/s1. The van der Waals surface area contributed by atoms with Gasteiger partial charge in [-0.3, -0.25) is 19.3 Å². The lowest BCUT2D eigenvalue weighted by Crippen LogP contribution is -2.09. The fourth-order valence-corrected chi connectivity index (χ4v) is 5.34. The molecule has 0 bridgehead atoms. The summed E-state index contributed by atoms with van der Waals surface area (Å²) in [5.41, 5.74) is 4.23.